The van der Waals surface area contributed by atoms with Crippen molar-refractivity contribution in [1.82, 2.24) is 24.1 Å². The fraction of sp³-hybridized carbons (Fsp3) is 0.133. The fourth-order valence-electron chi connectivity index (χ4n) is 2.59. The Kier molecular flexibility index (Phi) is 2.71. The molecule has 1 aromatic carbocycles. The molecule has 3 heterocycles. The van der Waals surface area contributed by atoms with Gasteiger partial charge >= 0.3 is 0 Å². The van der Waals surface area contributed by atoms with Gasteiger partial charge in [0.25, 0.3) is 0 Å². The van der Waals surface area contributed by atoms with Crippen LogP contribution in [0.5, 0.6) is 0 Å². The van der Waals surface area contributed by atoms with Crippen molar-refractivity contribution >= 4 is 28.3 Å². The van der Waals surface area contributed by atoms with E-state index in [4.69, 9.17) is 0 Å². The van der Waals surface area contributed by atoms with E-state index in [0.29, 0.717) is 0 Å². The maximum absolute atomic E-state index is 4.66. The molecule has 4 rings (SSSR count). The van der Waals surface area contributed by atoms with Gasteiger partial charge in [0.15, 0.2) is 16.6 Å². The number of rotatable bonds is 2. The van der Waals surface area contributed by atoms with Crippen LogP contribution in [0.4, 0.5) is 0 Å². The van der Waals surface area contributed by atoms with E-state index >= 15 is 0 Å². The number of thioether (sulfide) groups is 1. The summed E-state index contributed by atoms with van der Waals surface area (Å²) < 4.78 is 3.91. The maximum Gasteiger partial charge on any atom is 0.191 e. The normalized spacial score (nSPS) is 11.5. The highest BCUT2D eigenvalue weighted by molar-refractivity contribution is 7.98. The van der Waals surface area contributed by atoms with E-state index in [1.807, 2.05) is 31.5 Å². The Bertz CT molecular complexity index is 953. The molecule has 0 bridgehead atoms. The van der Waals surface area contributed by atoms with Crippen LogP contribution in [0.1, 0.15) is 0 Å². The first-order chi connectivity index (χ1) is 10.3. The van der Waals surface area contributed by atoms with E-state index in [1.54, 1.807) is 10.7 Å². The highest BCUT2D eigenvalue weighted by Crippen LogP contribution is 2.29. The first-order valence-electron chi connectivity index (χ1n) is 6.58. The van der Waals surface area contributed by atoms with Crippen molar-refractivity contribution in [3.05, 3.63) is 42.7 Å². The zero-order chi connectivity index (χ0) is 14.4. The first kappa shape index (κ1) is 12.4. The molecule has 0 amide bonds. The highest BCUT2D eigenvalue weighted by atomic mass is 32.2. The van der Waals surface area contributed by atoms with Crippen LogP contribution >= 0.6 is 11.8 Å². The van der Waals surface area contributed by atoms with E-state index < -0.39 is 0 Å². The molecule has 0 saturated heterocycles. The SMILES string of the molecule is CSc1nc(-c2cn(C)c3ccccc23)n2nccc2n1. The molecule has 0 radical (unpaired) electrons. The minimum atomic E-state index is 0.755. The van der Waals surface area contributed by atoms with Crippen molar-refractivity contribution in [2.45, 2.75) is 5.16 Å². The van der Waals surface area contributed by atoms with Crippen molar-refractivity contribution in [2.24, 2.45) is 7.05 Å². The Morgan fingerprint density at radius 1 is 1.10 bits per heavy atom. The summed E-state index contributed by atoms with van der Waals surface area (Å²) in [4.78, 5) is 9.14. The van der Waals surface area contributed by atoms with Gasteiger partial charge in [0.1, 0.15) is 0 Å². The standard InChI is InChI=1S/C15H13N5S/c1-19-9-11(10-5-3-4-6-12(10)19)14-18-15(21-2)17-13-7-8-16-20(13)14/h3-9H,1-2H3. The predicted octanol–water partition coefficient (Wildman–Crippen LogP) is 3.00. The largest absolute Gasteiger partial charge is 0.350 e. The van der Waals surface area contributed by atoms with Crippen molar-refractivity contribution in [1.29, 1.82) is 0 Å². The van der Waals surface area contributed by atoms with E-state index in [2.05, 4.69) is 38.0 Å². The number of nitrogens with zero attached hydrogens (tertiary/aromatic N) is 5. The van der Waals surface area contributed by atoms with Crippen molar-refractivity contribution in [3.8, 4) is 11.4 Å². The van der Waals surface area contributed by atoms with Crippen LogP contribution in [-0.2, 0) is 7.05 Å². The molecule has 3 aromatic heterocycles. The van der Waals surface area contributed by atoms with E-state index in [-0.39, 0.29) is 0 Å². The third kappa shape index (κ3) is 1.83. The van der Waals surface area contributed by atoms with Crippen LogP contribution < -0.4 is 0 Å². The molecule has 4 aromatic rings. The Hall–Kier alpha value is -2.34. The molecule has 0 atom stereocenters. The lowest BCUT2D eigenvalue weighted by molar-refractivity contribution is 0.846. The average Bonchev–Trinajstić information content (AvgIpc) is 3.11. The van der Waals surface area contributed by atoms with Crippen LogP contribution in [0.2, 0.25) is 0 Å². The molecular formula is C15H13N5S. The van der Waals surface area contributed by atoms with Crippen LogP contribution in [0, 0.1) is 0 Å². The van der Waals surface area contributed by atoms with Crippen LogP contribution in [0.3, 0.4) is 0 Å². The summed E-state index contributed by atoms with van der Waals surface area (Å²) in [7, 11) is 2.04. The van der Waals surface area contributed by atoms with E-state index in [0.717, 1.165) is 22.2 Å². The highest BCUT2D eigenvalue weighted by Gasteiger charge is 2.15. The first-order valence-corrected chi connectivity index (χ1v) is 7.80. The quantitative estimate of drug-likeness (QED) is 0.533. The second-order valence-corrected chi connectivity index (χ2v) is 5.58. The summed E-state index contributed by atoms with van der Waals surface area (Å²) in [6.45, 7) is 0. The fourth-order valence-corrected chi connectivity index (χ4v) is 2.95. The second-order valence-electron chi connectivity index (χ2n) is 4.81. The third-order valence-corrected chi connectivity index (χ3v) is 4.10. The van der Waals surface area contributed by atoms with Gasteiger partial charge in [0.05, 0.1) is 6.20 Å². The van der Waals surface area contributed by atoms with Crippen molar-refractivity contribution in [2.75, 3.05) is 6.26 Å². The Morgan fingerprint density at radius 3 is 2.81 bits per heavy atom. The van der Waals surface area contributed by atoms with Crippen molar-refractivity contribution < 1.29 is 0 Å². The lowest BCUT2D eigenvalue weighted by Crippen LogP contribution is -2.01. The molecule has 0 aliphatic heterocycles. The summed E-state index contributed by atoms with van der Waals surface area (Å²) >= 11 is 1.54. The van der Waals surface area contributed by atoms with E-state index in [1.165, 1.54) is 22.7 Å². The van der Waals surface area contributed by atoms with Gasteiger partial charge in [-0.1, -0.05) is 30.0 Å². The minimum Gasteiger partial charge on any atom is -0.350 e. The molecule has 0 aliphatic rings. The molecule has 0 unspecified atom stereocenters. The van der Waals surface area contributed by atoms with Crippen molar-refractivity contribution in [3.63, 3.8) is 0 Å². The number of hydrogen-bond acceptors (Lipinski definition) is 4. The Labute approximate surface area is 125 Å². The average molecular weight is 295 g/mol. The smallest absolute Gasteiger partial charge is 0.191 e. The predicted molar refractivity (Wildman–Crippen MR) is 84.5 cm³/mol. The number of hydrogen-bond donors (Lipinski definition) is 0. The molecule has 104 valence electrons. The van der Waals surface area contributed by atoms with Crippen LogP contribution in [0.25, 0.3) is 27.9 Å². The van der Waals surface area contributed by atoms with Gasteiger partial charge in [-0.25, -0.2) is 9.97 Å². The maximum atomic E-state index is 4.66. The monoisotopic (exact) mass is 295 g/mol. The lowest BCUT2D eigenvalue weighted by atomic mass is 10.1. The number of aromatic nitrogens is 5. The molecule has 21 heavy (non-hydrogen) atoms. The zero-order valence-electron chi connectivity index (χ0n) is 11.7. The van der Waals surface area contributed by atoms with E-state index in [9.17, 15) is 0 Å². The Balaban J connectivity index is 2.10. The minimum absolute atomic E-state index is 0.755. The lowest BCUT2D eigenvalue weighted by Gasteiger charge is -2.04. The number of fused-ring (bicyclic) bond motifs is 2. The molecule has 5 nitrogen and oxygen atoms in total. The van der Waals surface area contributed by atoms with Gasteiger partial charge in [-0.05, 0) is 12.3 Å². The Morgan fingerprint density at radius 2 is 1.95 bits per heavy atom. The van der Waals surface area contributed by atoms with Gasteiger partial charge in [0.2, 0.25) is 0 Å². The summed E-state index contributed by atoms with van der Waals surface area (Å²) in [6, 6.07) is 10.2. The molecule has 0 aliphatic carbocycles. The topological polar surface area (TPSA) is 48.0 Å². The zero-order valence-corrected chi connectivity index (χ0v) is 12.5. The molecule has 0 N–H and O–H groups in total. The molecule has 0 fully saturated rings. The number of benzene rings is 1. The molecular weight excluding hydrogens is 282 g/mol. The number of para-hydroxylation sites is 1. The summed E-state index contributed by atoms with van der Waals surface area (Å²) in [5.74, 6) is 0.825. The summed E-state index contributed by atoms with van der Waals surface area (Å²) in [5.41, 5.74) is 3.06. The molecule has 0 spiro atoms. The number of aryl methyl sites for hydroxylation is 1. The molecule has 6 heteroatoms. The molecule has 0 saturated carbocycles. The van der Waals surface area contributed by atoms with Gasteiger partial charge in [0, 0.05) is 35.8 Å². The van der Waals surface area contributed by atoms with Crippen LogP contribution in [-0.4, -0.2) is 30.4 Å². The van der Waals surface area contributed by atoms with Gasteiger partial charge in [-0.2, -0.15) is 9.61 Å². The third-order valence-electron chi connectivity index (χ3n) is 3.56. The summed E-state index contributed by atoms with van der Waals surface area (Å²) in [6.07, 6.45) is 5.83. The van der Waals surface area contributed by atoms with Gasteiger partial charge in [-0.3, -0.25) is 0 Å². The second kappa shape index (κ2) is 4.60. The summed E-state index contributed by atoms with van der Waals surface area (Å²) in [5, 5.41) is 6.28. The van der Waals surface area contributed by atoms with Gasteiger partial charge in [-0.15, -0.1) is 0 Å². The van der Waals surface area contributed by atoms with Gasteiger partial charge < -0.3 is 4.57 Å². The van der Waals surface area contributed by atoms with Crippen LogP contribution in [0.15, 0.2) is 47.9 Å².